The van der Waals surface area contributed by atoms with Crippen LogP contribution in [0.1, 0.15) is 16.3 Å². The molecule has 2 aromatic rings. The summed E-state index contributed by atoms with van der Waals surface area (Å²) in [5.74, 6) is -0.0648. The van der Waals surface area contributed by atoms with Crippen molar-refractivity contribution in [2.45, 2.75) is 20.5 Å². The Kier molecular flexibility index (Phi) is 7.70. The fourth-order valence-electron chi connectivity index (χ4n) is 1.47. The van der Waals surface area contributed by atoms with Crippen LogP contribution < -0.4 is 4.74 Å². The summed E-state index contributed by atoms with van der Waals surface area (Å²) < 4.78 is 9.97. The van der Waals surface area contributed by atoms with Crippen molar-refractivity contribution in [1.82, 2.24) is 4.98 Å². The van der Waals surface area contributed by atoms with E-state index < -0.39 is 5.97 Å². The second kappa shape index (κ2) is 9.57. The lowest BCUT2D eigenvalue weighted by molar-refractivity contribution is -0.131. The van der Waals surface area contributed by atoms with Crippen molar-refractivity contribution < 1.29 is 19.4 Å². The Balaban J connectivity index is 0.000000295. The smallest absolute Gasteiger partial charge is 0.331 e. The van der Waals surface area contributed by atoms with E-state index in [1.807, 2.05) is 43.5 Å². The maximum absolute atomic E-state index is 9.59. The Morgan fingerprint density at radius 1 is 1.36 bits per heavy atom. The van der Waals surface area contributed by atoms with Gasteiger partial charge in [-0.25, -0.2) is 9.78 Å². The van der Waals surface area contributed by atoms with Crippen molar-refractivity contribution >= 4 is 17.3 Å². The Labute approximate surface area is 133 Å². The third-order valence-electron chi connectivity index (χ3n) is 2.48. The van der Waals surface area contributed by atoms with E-state index in [2.05, 4.69) is 9.72 Å². The highest BCUT2D eigenvalue weighted by Gasteiger charge is 2.01. The topological polar surface area (TPSA) is 68.7 Å². The summed E-state index contributed by atoms with van der Waals surface area (Å²) in [6.45, 7) is 4.60. The average Bonchev–Trinajstić information content (AvgIpc) is 2.90. The highest BCUT2D eigenvalue weighted by Crippen LogP contribution is 2.18. The fourth-order valence-corrected chi connectivity index (χ4v) is 2.07. The van der Waals surface area contributed by atoms with Crippen molar-refractivity contribution in [2.75, 3.05) is 7.11 Å². The molecule has 118 valence electrons. The maximum atomic E-state index is 9.59. The van der Waals surface area contributed by atoms with Crippen LogP contribution in [0, 0.1) is 13.8 Å². The van der Waals surface area contributed by atoms with E-state index in [1.165, 1.54) is 7.11 Å². The van der Waals surface area contributed by atoms with E-state index in [4.69, 9.17) is 9.84 Å². The van der Waals surface area contributed by atoms with Crippen molar-refractivity contribution in [3.8, 4) is 5.75 Å². The molecule has 0 atom stereocenters. The van der Waals surface area contributed by atoms with Crippen molar-refractivity contribution in [3.63, 3.8) is 0 Å². The van der Waals surface area contributed by atoms with Gasteiger partial charge in [-0.15, -0.1) is 11.3 Å². The highest BCUT2D eigenvalue weighted by molar-refractivity contribution is 7.09. The van der Waals surface area contributed by atoms with E-state index in [0.29, 0.717) is 6.61 Å². The van der Waals surface area contributed by atoms with Gasteiger partial charge in [0.15, 0.2) is 0 Å². The summed E-state index contributed by atoms with van der Waals surface area (Å²) in [7, 11) is 1.39. The third kappa shape index (κ3) is 6.90. The molecular formula is C16H19NO4S. The summed E-state index contributed by atoms with van der Waals surface area (Å²) in [5.41, 5.74) is 2.16. The van der Waals surface area contributed by atoms with Gasteiger partial charge in [-0.05, 0) is 25.5 Å². The van der Waals surface area contributed by atoms with Crippen LogP contribution in [0.4, 0.5) is 0 Å². The number of thiazole rings is 1. The van der Waals surface area contributed by atoms with Gasteiger partial charge >= 0.3 is 5.97 Å². The molecule has 0 saturated heterocycles. The maximum Gasteiger partial charge on any atom is 0.331 e. The number of aliphatic carboxylic acids is 1. The molecule has 1 aromatic heterocycles. The minimum Gasteiger partial charge on any atom is -0.504 e. The molecule has 0 amide bonds. The first-order valence-corrected chi connectivity index (χ1v) is 7.42. The molecule has 5 nitrogen and oxygen atoms in total. The summed E-state index contributed by atoms with van der Waals surface area (Å²) in [6, 6.07) is 8.01. The number of nitrogens with zero attached hydrogens (tertiary/aromatic N) is 1. The Bertz CT molecular complexity index is 622. The van der Waals surface area contributed by atoms with Crippen molar-refractivity contribution in [3.05, 3.63) is 58.2 Å². The standard InChI is InChI=1S/C12H13NOS.C4H6O3/c1-9-5-3-4-6-12(9)14-7-11-8-15-10(2)13-11;1-7-3-2-4(5)6/h3-6,8H,7H2,1-2H3;2-3H,1H3,(H,5,6). The predicted octanol–water partition coefficient (Wildman–Crippen LogP) is 3.57. The lowest BCUT2D eigenvalue weighted by Crippen LogP contribution is -1.97. The second-order valence-electron chi connectivity index (χ2n) is 4.29. The largest absolute Gasteiger partial charge is 0.504 e. The summed E-state index contributed by atoms with van der Waals surface area (Å²) in [6.07, 6.45) is 2.02. The van der Waals surface area contributed by atoms with E-state index in [0.717, 1.165) is 34.4 Å². The molecular weight excluding hydrogens is 302 g/mol. The lowest BCUT2D eigenvalue weighted by Gasteiger charge is -2.06. The number of ether oxygens (including phenoxy) is 2. The quantitative estimate of drug-likeness (QED) is 0.673. The van der Waals surface area contributed by atoms with E-state index in [-0.39, 0.29) is 0 Å². The molecule has 2 rings (SSSR count). The van der Waals surface area contributed by atoms with Crippen LogP contribution in [-0.4, -0.2) is 23.2 Å². The molecule has 0 aliphatic heterocycles. The molecule has 1 N–H and O–H groups in total. The number of carboxylic acids is 1. The zero-order chi connectivity index (χ0) is 16.4. The number of benzene rings is 1. The molecule has 0 fully saturated rings. The Morgan fingerprint density at radius 3 is 2.59 bits per heavy atom. The molecule has 22 heavy (non-hydrogen) atoms. The molecule has 1 heterocycles. The number of aromatic nitrogens is 1. The lowest BCUT2D eigenvalue weighted by atomic mass is 10.2. The van der Waals surface area contributed by atoms with Gasteiger partial charge in [-0.1, -0.05) is 18.2 Å². The molecule has 0 aliphatic rings. The first-order chi connectivity index (χ1) is 10.5. The number of methoxy groups -OCH3 is 1. The monoisotopic (exact) mass is 321 g/mol. The minimum atomic E-state index is -0.998. The van der Waals surface area contributed by atoms with Gasteiger partial charge in [0.2, 0.25) is 0 Å². The molecule has 0 spiro atoms. The van der Waals surface area contributed by atoms with Gasteiger partial charge in [-0.3, -0.25) is 0 Å². The number of carboxylic acid groups (broad SMARTS) is 1. The minimum absolute atomic E-state index is 0.551. The molecule has 0 aliphatic carbocycles. The fraction of sp³-hybridized carbons (Fsp3) is 0.250. The first kappa shape index (κ1) is 17.7. The number of carbonyl (C=O) groups is 1. The number of aryl methyl sites for hydroxylation is 2. The summed E-state index contributed by atoms with van der Waals surface area (Å²) in [5, 5.41) is 11.0. The van der Waals surface area contributed by atoms with E-state index in [9.17, 15) is 4.79 Å². The van der Waals surface area contributed by atoms with Crippen molar-refractivity contribution in [1.29, 1.82) is 0 Å². The van der Waals surface area contributed by atoms with Crippen LogP contribution in [0.25, 0.3) is 0 Å². The predicted molar refractivity (Wildman–Crippen MR) is 86.1 cm³/mol. The highest BCUT2D eigenvalue weighted by atomic mass is 32.1. The van der Waals surface area contributed by atoms with Gasteiger partial charge in [0, 0.05) is 5.38 Å². The van der Waals surface area contributed by atoms with Crippen LogP contribution in [-0.2, 0) is 16.1 Å². The summed E-state index contributed by atoms with van der Waals surface area (Å²) in [4.78, 5) is 13.9. The van der Waals surface area contributed by atoms with Crippen LogP contribution >= 0.6 is 11.3 Å². The SMILES string of the molecule is COC=CC(=O)O.Cc1nc(COc2ccccc2C)cs1. The zero-order valence-corrected chi connectivity index (χ0v) is 13.6. The van der Waals surface area contributed by atoms with Crippen molar-refractivity contribution in [2.24, 2.45) is 0 Å². The Morgan fingerprint density at radius 2 is 2.09 bits per heavy atom. The number of para-hydroxylation sites is 1. The normalized spacial score (nSPS) is 9.95. The van der Waals surface area contributed by atoms with Gasteiger partial charge in [-0.2, -0.15) is 0 Å². The molecule has 0 radical (unpaired) electrons. The van der Waals surface area contributed by atoms with Crippen LogP contribution in [0.15, 0.2) is 42.0 Å². The van der Waals surface area contributed by atoms with Crippen LogP contribution in [0.5, 0.6) is 5.75 Å². The summed E-state index contributed by atoms with van der Waals surface area (Å²) >= 11 is 1.65. The molecule has 0 unspecified atom stereocenters. The zero-order valence-electron chi connectivity index (χ0n) is 12.8. The number of hydrogen-bond acceptors (Lipinski definition) is 5. The van der Waals surface area contributed by atoms with E-state index in [1.54, 1.807) is 11.3 Å². The van der Waals surface area contributed by atoms with Gasteiger partial charge in [0.1, 0.15) is 12.4 Å². The number of rotatable bonds is 5. The molecule has 6 heteroatoms. The molecule has 0 bridgehead atoms. The molecule has 1 aromatic carbocycles. The second-order valence-corrected chi connectivity index (χ2v) is 5.35. The van der Waals surface area contributed by atoms with Gasteiger partial charge in [0.05, 0.1) is 30.1 Å². The first-order valence-electron chi connectivity index (χ1n) is 6.54. The average molecular weight is 321 g/mol. The third-order valence-corrected chi connectivity index (χ3v) is 3.30. The van der Waals surface area contributed by atoms with Crippen LogP contribution in [0.3, 0.4) is 0 Å². The van der Waals surface area contributed by atoms with Gasteiger partial charge in [0.25, 0.3) is 0 Å². The Hall–Kier alpha value is -2.34. The van der Waals surface area contributed by atoms with Crippen LogP contribution in [0.2, 0.25) is 0 Å². The molecule has 0 saturated carbocycles. The number of hydrogen-bond donors (Lipinski definition) is 1. The van der Waals surface area contributed by atoms with E-state index >= 15 is 0 Å². The van der Waals surface area contributed by atoms with Gasteiger partial charge < -0.3 is 14.6 Å².